The van der Waals surface area contributed by atoms with Crippen LogP contribution in [0, 0.1) is 12.3 Å². The molecule has 0 atom stereocenters. The van der Waals surface area contributed by atoms with Gasteiger partial charge in [0.25, 0.3) is 0 Å². The summed E-state index contributed by atoms with van der Waals surface area (Å²) in [6.45, 7) is 0. The predicted octanol–water partition coefficient (Wildman–Crippen LogP) is 0.711. The monoisotopic (exact) mass is 161 g/mol. The van der Waals surface area contributed by atoms with Gasteiger partial charge < -0.3 is 10.6 Å². The summed E-state index contributed by atoms with van der Waals surface area (Å²) in [6.07, 6.45) is 6.88. The topological polar surface area (TPSA) is 42.1 Å². The average Bonchev–Trinajstić information content (AvgIpc) is 2.03. The van der Waals surface area contributed by atoms with Crippen LogP contribution < -0.4 is 10.6 Å². The van der Waals surface area contributed by atoms with E-state index in [-0.39, 0.29) is 0 Å². The molecule has 1 aromatic rings. The van der Waals surface area contributed by atoms with Crippen LogP contribution in [0.1, 0.15) is 5.56 Å². The zero-order chi connectivity index (χ0) is 9.14. The van der Waals surface area contributed by atoms with E-state index in [1.807, 2.05) is 19.0 Å². The molecule has 0 saturated heterocycles. The summed E-state index contributed by atoms with van der Waals surface area (Å²) in [5.41, 5.74) is 6.84. The highest BCUT2D eigenvalue weighted by Crippen LogP contribution is 2.15. The molecule has 0 spiro atoms. The second-order valence-electron chi connectivity index (χ2n) is 2.68. The highest BCUT2D eigenvalue weighted by molar-refractivity contribution is 5.59. The third-order valence-electron chi connectivity index (χ3n) is 1.47. The Labute approximate surface area is 72.2 Å². The number of hydrogen-bond acceptors (Lipinski definition) is 3. The molecule has 62 valence electrons. The molecule has 1 aromatic heterocycles. The van der Waals surface area contributed by atoms with Gasteiger partial charge in [0.1, 0.15) is 5.82 Å². The molecule has 0 aromatic carbocycles. The SMILES string of the molecule is C#Cc1cc(N)cnc1N(C)C. The van der Waals surface area contributed by atoms with Crippen LogP contribution in [0.25, 0.3) is 0 Å². The standard InChI is InChI=1S/C9H11N3/c1-4-7-5-8(10)6-11-9(7)12(2)3/h1,5-6H,10H2,2-3H3. The molecule has 1 heterocycles. The minimum Gasteiger partial charge on any atom is -0.397 e. The third-order valence-corrected chi connectivity index (χ3v) is 1.47. The summed E-state index contributed by atoms with van der Waals surface area (Å²) in [7, 11) is 3.78. The van der Waals surface area contributed by atoms with E-state index < -0.39 is 0 Å². The van der Waals surface area contributed by atoms with E-state index in [2.05, 4.69) is 10.9 Å². The van der Waals surface area contributed by atoms with Crippen LogP contribution in [0.5, 0.6) is 0 Å². The lowest BCUT2D eigenvalue weighted by Crippen LogP contribution is -2.12. The molecule has 1 rings (SSSR count). The predicted molar refractivity (Wildman–Crippen MR) is 50.9 cm³/mol. The maximum absolute atomic E-state index is 5.53. The molecular formula is C9H11N3. The van der Waals surface area contributed by atoms with Crippen molar-refractivity contribution in [3.63, 3.8) is 0 Å². The smallest absolute Gasteiger partial charge is 0.143 e. The van der Waals surface area contributed by atoms with Crippen LogP contribution in [0.2, 0.25) is 0 Å². The van der Waals surface area contributed by atoms with Crippen molar-refractivity contribution in [3.8, 4) is 12.3 Å². The van der Waals surface area contributed by atoms with Gasteiger partial charge in [0, 0.05) is 14.1 Å². The van der Waals surface area contributed by atoms with Crippen LogP contribution in [-0.2, 0) is 0 Å². The molecule has 0 radical (unpaired) electrons. The lowest BCUT2D eigenvalue weighted by molar-refractivity contribution is 1.06. The molecule has 0 saturated carbocycles. The van der Waals surface area contributed by atoms with Gasteiger partial charge in [0.2, 0.25) is 0 Å². The first-order valence-corrected chi connectivity index (χ1v) is 3.54. The average molecular weight is 161 g/mol. The number of terminal acetylenes is 1. The van der Waals surface area contributed by atoms with Crippen molar-refractivity contribution in [2.24, 2.45) is 0 Å². The molecule has 0 bridgehead atoms. The quantitative estimate of drug-likeness (QED) is 0.617. The molecule has 0 aliphatic carbocycles. The Hall–Kier alpha value is -1.69. The minimum absolute atomic E-state index is 0.591. The normalized spacial score (nSPS) is 9.08. The fourth-order valence-electron chi connectivity index (χ4n) is 0.936. The van der Waals surface area contributed by atoms with Crippen molar-refractivity contribution >= 4 is 11.5 Å². The second-order valence-corrected chi connectivity index (χ2v) is 2.68. The molecule has 0 unspecified atom stereocenters. The molecule has 3 nitrogen and oxygen atoms in total. The lowest BCUT2D eigenvalue weighted by Gasteiger charge is -2.12. The van der Waals surface area contributed by atoms with Gasteiger partial charge in [-0.2, -0.15) is 0 Å². The van der Waals surface area contributed by atoms with Gasteiger partial charge in [-0.3, -0.25) is 0 Å². The molecule has 0 aliphatic rings. The Morgan fingerprint density at radius 3 is 2.75 bits per heavy atom. The maximum atomic E-state index is 5.53. The van der Waals surface area contributed by atoms with E-state index in [1.165, 1.54) is 0 Å². The first-order chi connectivity index (χ1) is 5.65. The number of rotatable bonds is 1. The van der Waals surface area contributed by atoms with Gasteiger partial charge in [0.05, 0.1) is 17.4 Å². The Kier molecular flexibility index (Phi) is 2.20. The van der Waals surface area contributed by atoms with E-state index in [0.717, 1.165) is 11.4 Å². The zero-order valence-electron chi connectivity index (χ0n) is 7.20. The van der Waals surface area contributed by atoms with Crippen LogP contribution in [0.4, 0.5) is 11.5 Å². The summed E-state index contributed by atoms with van der Waals surface area (Å²) in [5.74, 6) is 3.30. The minimum atomic E-state index is 0.591. The summed E-state index contributed by atoms with van der Waals surface area (Å²) in [6, 6.07) is 1.74. The number of nitrogen functional groups attached to an aromatic ring is 1. The highest BCUT2D eigenvalue weighted by atomic mass is 15.1. The van der Waals surface area contributed by atoms with E-state index >= 15 is 0 Å². The van der Waals surface area contributed by atoms with Crippen LogP contribution in [-0.4, -0.2) is 19.1 Å². The Morgan fingerprint density at radius 2 is 2.25 bits per heavy atom. The lowest BCUT2D eigenvalue weighted by atomic mass is 10.2. The molecule has 0 aliphatic heterocycles. The number of anilines is 2. The summed E-state index contributed by atoms with van der Waals surface area (Å²) < 4.78 is 0. The van der Waals surface area contributed by atoms with Crippen LogP contribution >= 0.6 is 0 Å². The van der Waals surface area contributed by atoms with Gasteiger partial charge >= 0.3 is 0 Å². The Bertz CT molecular complexity index is 323. The molecule has 2 N–H and O–H groups in total. The van der Waals surface area contributed by atoms with Crippen molar-refractivity contribution in [1.82, 2.24) is 4.98 Å². The largest absolute Gasteiger partial charge is 0.397 e. The van der Waals surface area contributed by atoms with E-state index in [9.17, 15) is 0 Å². The van der Waals surface area contributed by atoms with Crippen molar-refractivity contribution in [2.45, 2.75) is 0 Å². The maximum Gasteiger partial charge on any atom is 0.143 e. The highest BCUT2D eigenvalue weighted by Gasteiger charge is 2.03. The molecule has 3 heteroatoms. The van der Waals surface area contributed by atoms with Crippen LogP contribution in [0.15, 0.2) is 12.3 Å². The van der Waals surface area contributed by atoms with Crippen molar-refractivity contribution in [1.29, 1.82) is 0 Å². The molecular weight excluding hydrogens is 150 g/mol. The van der Waals surface area contributed by atoms with Gasteiger partial charge in [-0.15, -0.1) is 6.42 Å². The number of pyridine rings is 1. The number of aromatic nitrogens is 1. The van der Waals surface area contributed by atoms with Crippen molar-refractivity contribution < 1.29 is 0 Å². The summed E-state index contributed by atoms with van der Waals surface area (Å²) >= 11 is 0. The Balaban J connectivity index is 3.23. The fraction of sp³-hybridized carbons (Fsp3) is 0.222. The zero-order valence-corrected chi connectivity index (χ0v) is 7.20. The Morgan fingerprint density at radius 1 is 1.58 bits per heavy atom. The van der Waals surface area contributed by atoms with Crippen LogP contribution in [0.3, 0.4) is 0 Å². The molecule has 12 heavy (non-hydrogen) atoms. The van der Waals surface area contributed by atoms with Gasteiger partial charge in [-0.05, 0) is 6.07 Å². The molecule has 0 fully saturated rings. The number of nitrogens with zero attached hydrogens (tertiary/aromatic N) is 2. The second kappa shape index (κ2) is 3.14. The summed E-state index contributed by atoms with van der Waals surface area (Å²) in [5, 5.41) is 0. The summed E-state index contributed by atoms with van der Waals surface area (Å²) in [4.78, 5) is 5.96. The van der Waals surface area contributed by atoms with E-state index in [1.54, 1.807) is 12.3 Å². The number of hydrogen-bond donors (Lipinski definition) is 1. The van der Waals surface area contributed by atoms with Gasteiger partial charge in [-0.1, -0.05) is 5.92 Å². The van der Waals surface area contributed by atoms with E-state index in [4.69, 9.17) is 12.2 Å². The molecule has 0 amide bonds. The van der Waals surface area contributed by atoms with Gasteiger partial charge in [0.15, 0.2) is 0 Å². The van der Waals surface area contributed by atoms with Crippen molar-refractivity contribution in [3.05, 3.63) is 17.8 Å². The first-order valence-electron chi connectivity index (χ1n) is 3.54. The fourth-order valence-corrected chi connectivity index (χ4v) is 0.936. The number of nitrogens with two attached hydrogens (primary N) is 1. The van der Waals surface area contributed by atoms with Gasteiger partial charge in [-0.25, -0.2) is 4.98 Å². The van der Waals surface area contributed by atoms with E-state index in [0.29, 0.717) is 5.69 Å². The first kappa shape index (κ1) is 8.41. The van der Waals surface area contributed by atoms with Crippen molar-refractivity contribution in [2.75, 3.05) is 24.7 Å². The third kappa shape index (κ3) is 1.48.